The van der Waals surface area contributed by atoms with E-state index in [-0.39, 0.29) is 17.3 Å². The number of fused-ring (bicyclic) bond motifs is 3. The Morgan fingerprint density at radius 2 is 2.00 bits per heavy atom. The normalized spacial score (nSPS) is 12.6. The molecule has 2 N–H and O–H groups in total. The van der Waals surface area contributed by atoms with Gasteiger partial charge in [-0.05, 0) is 45.4 Å². The first kappa shape index (κ1) is 17.9. The second-order valence-corrected chi connectivity index (χ2v) is 7.08. The van der Waals surface area contributed by atoms with E-state index in [0.717, 1.165) is 22.5 Å². The van der Waals surface area contributed by atoms with Gasteiger partial charge in [0.2, 0.25) is 0 Å². The van der Waals surface area contributed by atoms with E-state index >= 15 is 0 Å². The lowest BCUT2D eigenvalue weighted by atomic mass is 10.1. The number of carbonyl (C=O) groups is 1. The summed E-state index contributed by atoms with van der Waals surface area (Å²) >= 11 is 0. The Morgan fingerprint density at radius 3 is 2.68 bits per heavy atom. The van der Waals surface area contributed by atoms with Crippen LogP contribution in [0.1, 0.15) is 46.0 Å². The van der Waals surface area contributed by atoms with E-state index in [1.807, 2.05) is 52.9 Å². The maximum atomic E-state index is 12.9. The molecule has 0 saturated heterocycles. The summed E-state index contributed by atoms with van der Waals surface area (Å²) in [6.07, 6.45) is 0. The highest BCUT2D eigenvalue weighted by Crippen LogP contribution is 2.21. The van der Waals surface area contributed by atoms with Gasteiger partial charge >= 0.3 is 0 Å². The first-order valence-electron chi connectivity index (χ1n) is 8.97. The maximum Gasteiger partial charge on any atom is 0.277 e. The van der Waals surface area contributed by atoms with E-state index < -0.39 is 11.5 Å². The number of hydrogen-bond donors (Lipinski definition) is 2. The van der Waals surface area contributed by atoms with E-state index in [1.165, 1.54) is 4.52 Å². The third kappa shape index (κ3) is 2.67. The smallest absolute Gasteiger partial charge is 0.277 e. The molecule has 144 valence electrons. The zero-order valence-corrected chi connectivity index (χ0v) is 16.4. The zero-order chi connectivity index (χ0) is 20.2. The van der Waals surface area contributed by atoms with Crippen LogP contribution in [0.2, 0.25) is 0 Å². The molecule has 0 bridgehead atoms. The predicted octanol–water partition coefficient (Wildman–Crippen LogP) is 1.72. The first-order chi connectivity index (χ1) is 13.3. The standard InChI is InChI=1S/C19H21N7O2/c1-9-6-7-14-13(8-9)21-19(28)17-16(22-24-26(14)17)18(27)20-10(2)15-11(3)23-25(5)12(15)4/h6-8,10H,1-5H3,(H,20,27)(H,21,28)/t10-/m0/s1. The van der Waals surface area contributed by atoms with Crippen molar-refractivity contribution in [3.05, 3.63) is 56.8 Å². The van der Waals surface area contributed by atoms with Crippen molar-refractivity contribution in [2.24, 2.45) is 7.05 Å². The molecule has 4 rings (SSSR count). The molecule has 9 nitrogen and oxygen atoms in total. The molecule has 0 saturated carbocycles. The Labute approximate surface area is 160 Å². The van der Waals surface area contributed by atoms with Gasteiger partial charge in [-0.25, -0.2) is 4.52 Å². The van der Waals surface area contributed by atoms with Crippen molar-refractivity contribution in [2.75, 3.05) is 0 Å². The largest absolute Gasteiger partial charge is 0.344 e. The summed E-state index contributed by atoms with van der Waals surface area (Å²) in [7, 11) is 1.86. The fourth-order valence-electron chi connectivity index (χ4n) is 3.68. The number of benzene rings is 1. The highest BCUT2D eigenvalue weighted by Gasteiger charge is 2.23. The maximum absolute atomic E-state index is 12.9. The van der Waals surface area contributed by atoms with Gasteiger partial charge in [-0.2, -0.15) is 5.10 Å². The van der Waals surface area contributed by atoms with Gasteiger partial charge in [0.15, 0.2) is 11.2 Å². The molecule has 0 aliphatic heterocycles. The number of aromatic amines is 1. The molecule has 28 heavy (non-hydrogen) atoms. The minimum Gasteiger partial charge on any atom is -0.344 e. The van der Waals surface area contributed by atoms with Crippen LogP contribution < -0.4 is 10.9 Å². The summed E-state index contributed by atoms with van der Waals surface area (Å²) in [5, 5.41) is 15.3. The zero-order valence-electron chi connectivity index (χ0n) is 16.4. The monoisotopic (exact) mass is 379 g/mol. The quantitative estimate of drug-likeness (QED) is 0.563. The topological polar surface area (TPSA) is 110 Å². The van der Waals surface area contributed by atoms with Crippen LogP contribution in [0, 0.1) is 20.8 Å². The Morgan fingerprint density at radius 1 is 1.25 bits per heavy atom. The number of amides is 1. The van der Waals surface area contributed by atoms with Crippen molar-refractivity contribution in [1.82, 2.24) is 34.9 Å². The van der Waals surface area contributed by atoms with E-state index in [0.29, 0.717) is 11.0 Å². The summed E-state index contributed by atoms with van der Waals surface area (Å²) in [5.74, 6) is -0.456. The molecule has 0 radical (unpaired) electrons. The fraction of sp³-hybridized carbons (Fsp3) is 0.316. The van der Waals surface area contributed by atoms with Crippen molar-refractivity contribution in [3.8, 4) is 0 Å². The molecule has 1 aromatic carbocycles. The molecule has 0 aliphatic rings. The van der Waals surface area contributed by atoms with Gasteiger partial charge in [0.25, 0.3) is 11.5 Å². The van der Waals surface area contributed by atoms with Crippen molar-refractivity contribution >= 4 is 22.5 Å². The second kappa shape index (κ2) is 6.29. The SMILES string of the molecule is Cc1ccc2c(c1)[nH]c(=O)c1c(C(=O)N[C@@H](C)c3c(C)nn(C)c3C)nnn12. The summed E-state index contributed by atoms with van der Waals surface area (Å²) in [6, 6.07) is 5.32. The van der Waals surface area contributed by atoms with Gasteiger partial charge < -0.3 is 10.3 Å². The third-order valence-corrected chi connectivity index (χ3v) is 5.07. The van der Waals surface area contributed by atoms with Crippen LogP contribution in [0.25, 0.3) is 16.6 Å². The van der Waals surface area contributed by atoms with E-state index in [2.05, 4.69) is 25.7 Å². The average molecular weight is 379 g/mol. The number of carbonyl (C=O) groups excluding carboxylic acids is 1. The number of aromatic nitrogens is 6. The van der Waals surface area contributed by atoms with E-state index in [1.54, 1.807) is 4.68 Å². The number of nitrogens with one attached hydrogen (secondary N) is 2. The van der Waals surface area contributed by atoms with Crippen molar-refractivity contribution in [1.29, 1.82) is 0 Å². The second-order valence-electron chi connectivity index (χ2n) is 7.08. The molecule has 0 aliphatic carbocycles. The fourth-order valence-corrected chi connectivity index (χ4v) is 3.68. The predicted molar refractivity (Wildman–Crippen MR) is 104 cm³/mol. The van der Waals surface area contributed by atoms with Gasteiger partial charge in [0, 0.05) is 18.3 Å². The number of nitrogens with zero attached hydrogens (tertiary/aromatic N) is 5. The Bertz CT molecular complexity index is 1300. The average Bonchev–Trinajstić information content (AvgIpc) is 3.17. The molecule has 0 unspecified atom stereocenters. The highest BCUT2D eigenvalue weighted by atomic mass is 16.2. The molecule has 3 aromatic heterocycles. The lowest BCUT2D eigenvalue weighted by molar-refractivity contribution is 0.0936. The van der Waals surface area contributed by atoms with Crippen LogP contribution in [0.3, 0.4) is 0 Å². The van der Waals surface area contributed by atoms with Crippen LogP contribution in [0.5, 0.6) is 0 Å². The first-order valence-corrected chi connectivity index (χ1v) is 8.97. The minimum atomic E-state index is -0.456. The molecule has 1 atom stereocenters. The summed E-state index contributed by atoms with van der Waals surface area (Å²) in [4.78, 5) is 28.3. The van der Waals surface area contributed by atoms with Crippen molar-refractivity contribution < 1.29 is 4.79 Å². The van der Waals surface area contributed by atoms with Crippen LogP contribution in [0.4, 0.5) is 0 Å². The number of aryl methyl sites for hydroxylation is 3. The molecule has 0 fully saturated rings. The van der Waals surface area contributed by atoms with Gasteiger partial charge in [-0.3, -0.25) is 14.3 Å². The lowest BCUT2D eigenvalue weighted by Crippen LogP contribution is -2.29. The Hall–Kier alpha value is -3.49. The molecule has 9 heteroatoms. The molecule has 4 aromatic rings. The number of rotatable bonds is 3. The molecule has 3 heterocycles. The summed E-state index contributed by atoms with van der Waals surface area (Å²) in [5.41, 5.74) is 4.81. The van der Waals surface area contributed by atoms with Crippen LogP contribution >= 0.6 is 0 Å². The van der Waals surface area contributed by atoms with E-state index in [4.69, 9.17) is 0 Å². The molecule has 0 spiro atoms. The number of H-pyrrole nitrogens is 1. The summed E-state index contributed by atoms with van der Waals surface area (Å²) < 4.78 is 3.19. The third-order valence-electron chi connectivity index (χ3n) is 5.07. The lowest BCUT2D eigenvalue weighted by Gasteiger charge is -2.14. The van der Waals surface area contributed by atoms with Gasteiger partial charge in [0.1, 0.15) is 0 Å². The van der Waals surface area contributed by atoms with E-state index in [9.17, 15) is 9.59 Å². The van der Waals surface area contributed by atoms with Gasteiger partial charge in [-0.1, -0.05) is 11.3 Å². The van der Waals surface area contributed by atoms with Crippen LogP contribution in [-0.2, 0) is 7.05 Å². The Kier molecular flexibility index (Phi) is 4.02. The Balaban J connectivity index is 1.76. The van der Waals surface area contributed by atoms with Crippen LogP contribution in [-0.4, -0.2) is 35.5 Å². The summed E-state index contributed by atoms with van der Waals surface area (Å²) in [6.45, 7) is 7.66. The van der Waals surface area contributed by atoms with Gasteiger partial charge in [0.05, 0.1) is 22.8 Å². The minimum absolute atomic E-state index is 0.00484. The molecular weight excluding hydrogens is 358 g/mol. The molecular formula is C19H21N7O2. The van der Waals surface area contributed by atoms with Gasteiger partial charge in [-0.15, -0.1) is 5.10 Å². The van der Waals surface area contributed by atoms with Crippen molar-refractivity contribution in [2.45, 2.75) is 33.7 Å². The molecule has 1 amide bonds. The number of hydrogen-bond acceptors (Lipinski definition) is 5. The highest BCUT2D eigenvalue weighted by molar-refractivity contribution is 5.99. The van der Waals surface area contributed by atoms with Crippen LogP contribution in [0.15, 0.2) is 23.0 Å². The van der Waals surface area contributed by atoms with Crippen molar-refractivity contribution in [3.63, 3.8) is 0 Å².